The molecule has 1 aromatic rings. The molecule has 3 aliphatic rings. The first-order chi connectivity index (χ1) is 9.57. The molecule has 5 nitrogen and oxygen atoms in total. The van der Waals surface area contributed by atoms with Crippen LogP contribution in [-0.4, -0.2) is 35.0 Å². The molecule has 1 aromatic heterocycles. The number of carbonyl (C=O) groups is 1. The zero-order valence-corrected chi connectivity index (χ0v) is 11.9. The van der Waals surface area contributed by atoms with Crippen LogP contribution in [0.3, 0.4) is 0 Å². The van der Waals surface area contributed by atoms with Gasteiger partial charge in [0.05, 0.1) is 6.10 Å². The number of nitrogens with zero attached hydrogens (tertiary/aromatic N) is 1. The van der Waals surface area contributed by atoms with Crippen LogP contribution in [-0.2, 0) is 9.47 Å². The molecule has 3 fully saturated rings. The highest BCUT2D eigenvalue weighted by molar-refractivity contribution is 5.87. The zero-order chi connectivity index (χ0) is 13.9. The van der Waals surface area contributed by atoms with Gasteiger partial charge in [0.1, 0.15) is 6.10 Å². The van der Waals surface area contributed by atoms with Gasteiger partial charge in [-0.25, -0.2) is 4.79 Å². The van der Waals surface area contributed by atoms with Gasteiger partial charge in [-0.05, 0) is 25.3 Å². The lowest BCUT2D eigenvalue weighted by Gasteiger charge is -2.52. The Labute approximate surface area is 118 Å². The lowest BCUT2D eigenvalue weighted by Crippen LogP contribution is -2.61. The number of rotatable bonds is 3. The van der Waals surface area contributed by atoms with Gasteiger partial charge in [0.15, 0.2) is 5.69 Å². The molecule has 5 heteroatoms. The van der Waals surface area contributed by atoms with Gasteiger partial charge in [0, 0.05) is 29.6 Å². The molecular formula is C15H20N2O3. The Bertz CT molecular complexity index is 547. The second-order valence-corrected chi connectivity index (χ2v) is 6.87. The molecule has 0 amide bonds. The first-order valence-electron chi connectivity index (χ1n) is 7.45. The van der Waals surface area contributed by atoms with Gasteiger partial charge in [0.25, 0.3) is 0 Å². The van der Waals surface area contributed by atoms with Crippen LogP contribution in [0.1, 0.15) is 55.2 Å². The normalized spacial score (nSPS) is 34.4. The molecule has 1 saturated heterocycles. The average molecular weight is 276 g/mol. The Morgan fingerprint density at radius 1 is 1.45 bits per heavy atom. The van der Waals surface area contributed by atoms with E-state index >= 15 is 0 Å². The summed E-state index contributed by atoms with van der Waals surface area (Å²) in [6.07, 6.45) is 3.55. The third-order valence-electron chi connectivity index (χ3n) is 5.05. The largest absolute Gasteiger partial charge is 0.457 e. The highest BCUT2D eigenvalue weighted by atomic mass is 16.6. The van der Waals surface area contributed by atoms with Crippen LogP contribution >= 0.6 is 0 Å². The number of H-pyrrole nitrogens is 1. The van der Waals surface area contributed by atoms with Crippen LogP contribution in [0.25, 0.3) is 0 Å². The number of nitrogens with one attached hydrogen (secondary N) is 1. The first-order valence-corrected chi connectivity index (χ1v) is 7.45. The predicted octanol–water partition coefficient (Wildman–Crippen LogP) is 2.26. The number of ether oxygens (including phenoxy) is 2. The van der Waals surface area contributed by atoms with Crippen LogP contribution in [0.2, 0.25) is 0 Å². The molecule has 0 bridgehead atoms. The second-order valence-electron chi connectivity index (χ2n) is 6.87. The Morgan fingerprint density at radius 3 is 3.00 bits per heavy atom. The van der Waals surface area contributed by atoms with E-state index in [-0.39, 0.29) is 23.6 Å². The van der Waals surface area contributed by atoms with Crippen molar-refractivity contribution in [2.24, 2.45) is 11.3 Å². The van der Waals surface area contributed by atoms with Crippen molar-refractivity contribution in [2.45, 2.75) is 51.2 Å². The van der Waals surface area contributed by atoms with Gasteiger partial charge >= 0.3 is 5.97 Å². The van der Waals surface area contributed by atoms with Crippen LogP contribution in [0, 0.1) is 11.3 Å². The van der Waals surface area contributed by atoms with E-state index in [0.717, 1.165) is 18.7 Å². The highest BCUT2D eigenvalue weighted by Crippen LogP contribution is 2.53. The van der Waals surface area contributed by atoms with Crippen molar-refractivity contribution in [1.29, 1.82) is 0 Å². The summed E-state index contributed by atoms with van der Waals surface area (Å²) in [4.78, 5) is 12.2. The van der Waals surface area contributed by atoms with Crippen molar-refractivity contribution in [3.05, 3.63) is 17.5 Å². The fraction of sp³-hybridized carbons (Fsp3) is 0.733. The van der Waals surface area contributed by atoms with Gasteiger partial charge in [0.2, 0.25) is 0 Å². The van der Waals surface area contributed by atoms with Crippen LogP contribution in [0.15, 0.2) is 6.07 Å². The summed E-state index contributed by atoms with van der Waals surface area (Å²) in [6.45, 7) is 5.00. The summed E-state index contributed by atoms with van der Waals surface area (Å²) in [5.74, 6) is 0.615. The molecule has 0 unspecified atom stereocenters. The summed E-state index contributed by atoms with van der Waals surface area (Å²) >= 11 is 0. The van der Waals surface area contributed by atoms with E-state index in [1.54, 1.807) is 0 Å². The number of hydrogen-bond acceptors (Lipinski definition) is 4. The lowest BCUT2D eigenvalue weighted by atomic mass is 9.59. The molecule has 20 heavy (non-hydrogen) atoms. The van der Waals surface area contributed by atoms with E-state index in [0.29, 0.717) is 17.5 Å². The van der Waals surface area contributed by atoms with Crippen LogP contribution < -0.4 is 0 Å². The van der Waals surface area contributed by atoms with Crippen molar-refractivity contribution >= 4 is 5.97 Å². The number of aromatic nitrogens is 2. The number of esters is 1. The van der Waals surface area contributed by atoms with E-state index in [1.807, 2.05) is 6.07 Å². The minimum atomic E-state index is -0.309. The molecule has 2 aliphatic carbocycles. The maximum absolute atomic E-state index is 12.2. The first kappa shape index (κ1) is 12.4. The molecule has 2 heterocycles. The van der Waals surface area contributed by atoms with Crippen molar-refractivity contribution in [2.75, 3.05) is 6.61 Å². The topological polar surface area (TPSA) is 64.2 Å². The average Bonchev–Trinajstić information content (AvgIpc) is 2.99. The van der Waals surface area contributed by atoms with E-state index in [1.165, 1.54) is 12.8 Å². The highest BCUT2D eigenvalue weighted by Gasteiger charge is 2.61. The Kier molecular flexibility index (Phi) is 2.52. The van der Waals surface area contributed by atoms with Crippen LogP contribution in [0.5, 0.6) is 0 Å². The van der Waals surface area contributed by atoms with E-state index < -0.39 is 0 Å². The molecule has 0 radical (unpaired) electrons. The fourth-order valence-corrected chi connectivity index (χ4v) is 3.74. The molecule has 3 atom stereocenters. The molecule has 1 aliphatic heterocycles. The number of carbonyl (C=O) groups excluding carboxylic acids is 1. The van der Waals surface area contributed by atoms with E-state index in [9.17, 15) is 4.79 Å². The summed E-state index contributed by atoms with van der Waals surface area (Å²) in [5.41, 5.74) is 1.38. The van der Waals surface area contributed by atoms with Gasteiger partial charge in [-0.3, -0.25) is 5.10 Å². The van der Waals surface area contributed by atoms with E-state index in [2.05, 4.69) is 24.0 Å². The fourth-order valence-electron chi connectivity index (χ4n) is 3.74. The third-order valence-corrected chi connectivity index (χ3v) is 5.05. The van der Waals surface area contributed by atoms with Gasteiger partial charge < -0.3 is 9.47 Å². The third kappa shape index (κ3) is 1.72. The minimum absolute atomic E-state index is 0.0522. The molecule has 0 spiro atoms. The molecular weight excluding hydrogens is 256 g/mol. The quantitative estimate of drug-likeness (QED) is 0.860. The van der Waals surface area contributed by atoms with Crippen molar-refractivity contribution in [3.63, 3.8) is 0 Å². The van der Waals surface area contributed by atoms with Crippen LogP contribution in [0.4, 0.5) is 0 Å². The SMILES string of the molecule is CC1(C)[C@@H]2OCC[C@H]2[C@H]1OC(=O)c1cc(C2CC2)[nH]n1. The van der Waals surface area contributed by atoms with Gasteiger partial charge in [-0.2, -0.15) is 5.10 Å². The minimum Gasteiger partial charge on any atom is -0.457 e. The lowest BCUT2D eigenvalue weighted by molar-refractivity contribution is -0.183. The number of fused-ring (bicyclic) bond motifs is 1. The maximum Gasteiger partial charge on any atom is 0.359 e. The monoisotopic (exact) mass is 276 g/mol. The standard InChI is InChI=1S/C15H20N2O3/c1-15(2)12-9(5-6-19-12)13(15)20-14(18)11-7-10(16-17-11)8-3-4-8/h7-9,12-13H,3-6H2,1-2H3,(H,16,17)/t9-,12-,13-/m1/s1. The molecule has 1 N–H and O–H groups in total. The smallest absolute Gasteiger partial charge is 0.359 e. The molecule has 0 aromatic carbocycles. The zero-order valence-electron chi connectivity index (χ0n) is 11.9. The van der Waals surface area contributed by atoms with E-state index in [4.69, 9.17) is 9.47 Å². The van der Waals surface area contributed by atoms with Crippen molar-refractivity contribution in [1.82, 2.24) is 10.2 Å². The van der Waals surface area contributed by atoms with Gasteiger partial charge in [-0.15, -0.1) is 0 Å². The number of aromatic amines is 1. The van der Waals surface area contributed by atoms with Gasteiger partial charge in [-0.1, -0.05) is 13.8 Å². The molecule has 108 valence electrons. The Morgan fingerprint density at radius 2 is 2.25 bits per heavy atom. The van der Waals surface area contributed by atoms with Crippen molar-refractivity contribution < 1.29 is 14.3 Å². The summed E-state index contributed by atoms with van der Waals surface area (Å²) in [7, 11) is 0. The molecule has 4 rings (SSSR count). The summed E-state index contributed by atoms with van der Waals surface area (Å²) in [5, 5.41) is 7.04. The maximum atomic E-state index is 12.2. The molecule has 2 saturated carbocycles. The van der Waals surface area contributed by atoms with Crippen molar-refractivity contribution in [3.8, 4) is 0 Å². The Hall–Kier alpha value is -1.36. The number of hydrogen-bond donors (Lipinski definition) is 1. The summed E-state index contributed by atoms with van der Waals surface area (Å²) < 4.78 is 11.4. The Balaban J connectivity index is 1.46. The second kappa shape index (κ2) is 4.07. The summed E-state index contributed by atoms with van der Waals surface area (Å²) in [6, 6.07) is 1.84. The predicted molar refractivity (Wildman–Crippen MR) is 71.4 cm³/mol.